The monoisotopic (exact) mass is 167 g/mol. The first kappa shape index (κ1) is 9.50. The van der Waals surface area contributed by atoms with E-state index in [-0.39, 0.29) is 6.04 Å². The van der Waals surface area contributed by atoms with Crippen LogP contribution in [0.3, 0.4) is 0 Å². The molecule has 1 N–H and O–H groups in total. The molecule has 0 bridgehead atoms. The van der Waals surface area contributed by atoms with E-state index in [1.807, 2.05) is 6.92 Å². The lowest BCUT2D eigenvalue weighted by Crippen LogP contribution is -2.46. The Morgan fingerprint density at radius 2 is 2.42 bits per heavy atom. The summed E-state index contributed by atoms with van der Waals surface area (Å²) in [5.74, 6) is 0. The second kappa shape index (κ2) is 4.44. The summed E-state index contributed by atoms with van der Waals surface area (Å²) in [6.45, 7) is 4.18. The summed E-state index contributed by atoms with van der Waals surface area (Å²) in [5, 5.41) is 11.9. The van der Waals surface area contributed by atoms with Crippen molar-refractivity contribution in [3.63, 3.8) is 0 Å². The molecule has 0 aromatic carbocycles. The topological polar surface area (TPSA) is 39.1 Å². The Kier molecular flexibility index (Phi) is 3.51. The van der Waals surface area contributed by atoms with Gasteiger partial charge >= 0.3 is 0 Å². The summed E-state index contributed by atoms with van der Waals surface area (Å²) < 4.78 is 0. The molecule has 1 aliphatic heterocycles. The van der Waals surface area contributed by atoms with E-state index in [9.17, 15) is 0 Å². The Morgan fingerprint density at radius 1 is 1.67 bits per heavy atom. The van der Waals surface area contributed by atoms with Crippen LogP contribution in [-0.4, -0.2) is 37.1 Å². The van der Waals surface area contributed by atoms with Crippen molar-refractivity contribution < 1.29 is 0 Å². The number of hydrogen-bond acceptors (Lipinski definition) is 3. The van der Waals surface area contributed by atoms with Gasteiger partial charge in [0.15, 0.2) is 0 Å². The van der Waals surface area contributed by atoms with Gasteiger partial charge in [0, 0.05) is 12.6 Å². The molecule has 3 nitrogen and oxygen atoms in total. The van der Waals surface area contributed by atoms with Gasteiger partial charge in [-0.1, -0.05) is 0 Å². The zero-order valence-corrected chi connectivity index (χ0v) is 7.88. The molecule has 12 heavy (non-hydrogen) atoms. The molecule has 1 aliphatic rings. The Balaban J connectivity index is 2.28. The number of nitrogens with one attached hydrogen (secondary N) is 1. The zero-order chi connectivity index (χ0) is 8.97. The van der Waals surface area contributed by atoms with E-state index in [0.29, 0.717) is 6.04 Å². The lowest BCUT2D eigenvalue weighted by Gasteiger charge is -2.30. The Hall–Kier alpha value is -0.590. The van der Waals surface area contributed by atoms with Gasteiger partial charge in [0.25, 0.3) is 0 Å². The molecule has 2 unspecified atom stereocenters. The van der Waals surface area contributed by atoms with Gasteiger partial charge in [-0.2, -0.15) is 5.26 Å². The number of nitrogens with zero attached hydrogens (tertiary/aromatic N) is 2. The molecule has 0 aromatic heterocycles. The highest BCUT2D eigenvalue weighted by molar-refractivity contribution is 4.89. The third kappa shape index (κ3) is 2.80. The molecule has 0 spiro atoms. The summed E-state index contributed by atoms with van der Waals surface area (Å²) in [6, 6.07) is 2.70. The third-order valence-corrected chi connectivity index (χ3v) is 2.30. The van der Waals surface area contributed by atoms with Crippen molar-refractivity contribution in [1.82, 2.24) is 10.2 Å². The number of hydrogen-bond donors (Lipinski definition) is 1. The fraction of sp³-hybridized carbons (Fsp3) is 0.889. The number of likely N-dealkylation sites (N-methyl/N-ethyl adjacent to an activating group) is 1. The van der Waals surface area contributed by atoms with Crippen LogP contribution in [0.4, 0.5) is 0 Å². The number of rotatable bonds is 2. The predicted octanol–water partition coefficient (Wildman–Crippen LogP) is 0.582. The standard InChI is InChI=1S/C9H17N3/c1-8(6-10)11-9-4-3-5-12(2)7-9/h8-9,11H,3-5,7H2,1-2H3. The molecule has 2 atom stereocenters. The Labute approximate surface area is 74.4 Å². The van der Waals surface area contributed by atoms with E-state index in [1.165, 1.54) is 19.4 Å². The molecule has 1 fully saturated rings. The Bertz CT molecular complexity index is 173. The fourth-order valence-electron chi connectivity index (χ4n) is 1.69. The van der Waals surface area contributed by atoms with Crippen LogP contribution in [0, 0.1) is 11.3 Å². The third-order valence-electron chi connectivity index (χ3n) is 2.30. The second-order valence-corrected chi connectivity index (χ2v) is 3.62. The van der Waals surface area contributed by atoms with E-state index in [1.54, 1.807) is 0 Å². The van der Waals surface area contributed by atoms with E-state index in [4.69, 9.17) is 5.26 Å². The first-order valence-corrected chi connectivity index (χ1v) is 4.56. The highest BCUT2D eigenvalue weighted by Crippen LogP contribution is 2.08. The van der Waals surface area contributed by atoms with Gasteiger partial charge in [0.1, 0.15) is 0 Å². The first-order chi connectivity index (χ1) is 5.72. The van der Waals surface area contributed by atoms with Crippen LogP contribution in [-0.2, 0) is 0 Å². The molecule has 0 aliphatic carbocycles. The zero-order valence-electron chi connectivity index (χ0n) is 7.88. The molecule has 0 saturated carbocycles. The van der Waals surface area contributed by atoms with Crippen LogP contribution in [0.15, 0.2) is 0 Å². The first-order valence-electron chi connectivity index (χ1n) is 4.56. The summed E-state index contributed by atoms with van der Waals surface area (Å²) in [4.78, 5) is 2.31. The minimum Gasteiger partial charge on any atom is -0.305 e. The van der Waals surface area contributed by atoms with Crippen molar-refractivity contribution in [3.8, 4) is 6.07 Å². The second-order valence-electron chi connectivity index (χ2n) is 3.62. The van der Waals surface area contributed by atoms with Gasteiger partial charge in [-0.25, -0.2) is 0 Å². The smallest absolute Gasteiger partial charge is 0.0927 e. The lowest BCUT2D eigenvalue weighted by atomic mass is 10.1. The fourth-order valence-corrected chi connectivity index (χ4v) is 1.69. The molecular formula is C9H17N3. The van der Waals surface area contributed by atoms with Crippen molar-refractivity contribution in [3.05, 3.63) is 0 Å². The molecule has 0 radical (unpaired) electrons. The van der Waals surface area contributed by atoms with Crippen LogP contribution in [0.25, 0.3) is 0 Å². The van der Waals surface area contributed by atoms with Crippen molar-refractivity contribution in [2.45, 2.75) is 31.8 Å². The van der Waals surface area contributed by atoms with E-state index >= 15 is 0 Å². The minimum absolute atomic E-state index is 0.0125. The maximum atomic E-state index is 8.61. The van der Waals surface area contributed by atoms with Crippen LogP contribution in [0.5, 0.6) is 0 Å². The van der Waals surface area contributed by atoms with Gasteiger partial charge in [0.05, 0.1) is 12.1 Å². The maximum Gasteiger partial charge on any atom is 0.0927 e. The molecule has 68 valence electrons. The van der Waals surface area contributed by atoms with Gasteiger partial charge in [-0.3, -0.25) is 5.32 Å². The SMILES string of the molecule is CC(C#N)NC1CCCN(C)C1. The minimum atomic E-state index is -0.0125. The van der Waals surface area contributed by atoms with Crippen LogP contribution in [0.1, 0.15) is 19.8 Å². The van der Waals surface area contributed by atoms with E-state index < -0.39 is 0 Å². The summed E-state index contributed by atoms with van der Waals surface area (Å²) in [5.41, 5.74) is 0. The van der Waals surface area contributed by atoms with Crippen molar-refractivity contribution >= 4 is 0 Å². The van der Waals surface area contributed by atoms with Gasteiger partial charge in [0.2, 0.25) is 0 Å². The van der Waals surface area contributed by atoms with Gasteiger partial charge in [-0.05, 0) is 33.4 Å². The van der Waals surface area contributed by atoms with Crippen LogP contribution in [0.2, 0.25) is 0 Å². The number of piperidine rings is 1. The van der Waals surface area contributed by atoms with Gasteiger partial charge < -0.3 is 4.90 Å². The summed E-state index contributed by atoms with van der Waals surface area (Å²) in [6.07, 6.45) is 2.45. The molecule has 3 heteroatoms. The van der Waals surface area contributed by atoms with Crippen molar-refractivity contribution in [2.75, 3.05) is 20.1 Å². The highest BCUT2D eigenvalue weighted by atomic mass is 15.1. The molecule has 1 heterocycles. The summed E-state index contributed by atoms with van der Waals surface area (Å²) >= 11 is 0. The highest BCUT2D eigenvalue weighted by Gasteiger charge is 2.17. The lowest BCUT2D eigenvalue weighted by molar-refractivity contribution is 0.224. The van der Waals surface area contributed by atoms with Crippen LogP contribution >= 0.6 is 0 Å². The predicted molar refractivity (Wildman–Crippen MR) is 48.7 cm³/mol. The molecule has 0 amide bonds. The molecular weight excluding hydrogens is 150 g/mol. The average molecular weight is 167 g/mol. The van der Waals surface area contributed by atoms with Gasteiger partial charge in [-0.15, -0.1) is 0 Å². The largest absolute Gasteiger partial charge is 0.305 e. The molecule has 1 rings (SSSR count). The summed E-state index contributed by atoms with van der Waals surface area (Å²) in [7, 11) is 2.13. The number of likely N-dealkylation sites (tertiary alicyclic amines) is 1. The van der Waals surface area contributed by atoms with E-state index in [0.717, 1.165) is 6.54 Å². The van der Waals surface area contributed by atoms with Crippen molar-refractivity contribution in [1.29, 1.82) is 5.26 Å². The molecule has 1 saturated heterocycles. The molecule has 0 aromatic rings. The quantitative estimate of drug-likeness (QED) is 0.654. The normalized spacial score (nSPS) is 27.9. The van der Waals surface area contributed by atoms with Crippen molar-refractivity contribution in [2.24, 2.45) is 0 Å². The number of nitriles is 1. The van der Waals surface area contributed by atoms with Crippen LogP contribution < -0.4 is 5.32 Å². The maximum absolute atomic E-state index is 8.61. The average Bonchev–Trinajstić information content (AvgIpc) is 2.04. The Morgan fingerprint density at radius 3 is 3.00 bits per heavy atom. The van der Waals surface area contributed by atoms with E-state index in [2.05, 4.69) is 23.3 Å².